The third-order valence-electron chi connectivity index (χ3n) is 6.18. The summed E-state index contributed by atoms with van der Waals surface area (Å²) >= 11 is 5.58. The molecule has 2 aliphatic carbocycles. The van der Waals surface area contributed by atoms with Gasteiger partial charge in [-0.3, -0.25) is 0 Å². The standard InChI is InChI=1S/C19H28N2S/c1-3-14-10-18(15-8-6-5-7-9-15)11-16(21-4-2)12-19(14,13-18)17(20)22/h5-9,14,16,21H,3-4,10-13H2,1-2H3,(H2,20,22). The predicted octanol–water partition coefficient (Wildman–Crippen LogP) is 3.79. The molecule has 0 saturated heterocycles. The van der Waals surface area contributed by atoms with Gasteiger partial charge in [0.25, 0.3) is 0 Å². The van der Waals surface area contributed by atoms with Crippen LogP contribution in [0.5, 0.6) is 0 Å². The Bertz CT molecular complexity index is 544. The highest BCUT2D eigenvalue weighted by atomic mass is 32.1. The van der Waals surface area contributed by atoms with Crippen molar-refractivity contribution < 1.29 is 0 Å². The summed E-state index contributed by atoms with van der Waals surface area (Å²) in [5, 5.41) is 3.69. The van der Waals surface area contributed by atoms with E-state index in [0.29, 0.717) is 12.0 Å². The van der Waals surface area contributed by atoms with Gasteiger partial charge in [-0.05, 0) is 49.1 Å². The van der Waals surface area contributed by atoms with E-state index in [1.165, 1.54) is 24.8 Å². The molecule has 3 rings (SSSR count). The second-order valence-electron chi connectivity index (χ2n) is 7.32. The van der Waals surface area contributed by atoms with Gasteiger partial charge < -0.3 is 11.1 Å². The van der Waals surface area contributed by atoms with Crippen LogP contribution in [0.2, 0.25) is 0 Å². The fraction of sp³-hybridized carbons (Fsp3) is 0.632. The smallest absolute Gasteiger partial charge is 0.0793 e. The average Bonchev–Trinajstić information content (AvgIpc) is 2.78. The summed E-state index contributed by atoms with van der Waals surface area (Å²) in [5.74, 6) is 0.619. The fourth-order valence-corrected chi connectivity index (χ4v) is 5.67. The highest BCUT2D eigenvalue weighted by Crippen LogP contribution is 2.63. The third-order valence-corrected chi connectivity index (χ3v) is 6.59. The van der Waals surface area contributed by atoms with Crippen molar-refractivity contribution in [3.05, 3.63) is 35.9 Å². The van der Waals surface area contributed by atoms with Crippen LogP contribution in [-0.4, -0.2) is 17.6 Å². The van der Waals surface area contributed by atoms with E-state index in [-0.39, 0.29) is 10.8 Å². The van der Waals surface area contributed by atoms with E-state index >= 15 is 0 Å². The first-order valence-corrected chi connectivity index (χ1v) is 9.06. The highest BCUT2D eigenvalue weighted by molar-refractivity contribution is 7.80. The van der Waals surface area contributed by atoms with E-state index in [1.54, 1.807) is 0 Å². The minimum absolute atomic E-state index is 0.0466. The lowest BCUT2D eigenvalue weighted by Crippen LogP contribution is -2.50. The largest absolute Gasteiger partial charge is 0.393 e. The zero-order valence-corrected chi connectivity index (χ0v) is 14.6. The van der Waals surface area contributed by atoms with Crippen LogP contribution in [-0.2, 0) is 5.41 Å². The van der Waals surface area contributed by atoms with Crippen molar-refractivity contribution in [1.82, 2.24) is 5.32 Å². The van der Waals surface area contributed by atoms with Gasteiger partial charge in [0.1, 0.15) is 0 Å². The number of rotatable bonds is 5. The van der Waals surface area contributed by atoms with Gasteiger partial charge >= 0.3 is 0 Å². The Morgan fingerprint density at radius 1 is 1.23 bits per heavy atom. The summed E-state index contributed by atoms with van der Waals surface area (Å²) in [7, 11) is 0. The van der Waals surface area contributed by atoms with E-state index in [2.05, 4.69) is 49.5 Å². The second kappa shape index (κ2) is 5.93. The number of hydrogen-bond acceptors (Lipinski definition) is 2. The Morgan fingerprint density at radius 2 is 1.95 bits per heavy atom. The summed E-state index contributed by atoms with van der Waals surface area (Å²) < 4.78 is 0. The Labute approximate surface area is 139 Å². The maximum absolute atomic E-state index is 6.30. The van der Waals surface area contributed by atoms with Gasteiger partial charge in [0, 0.05) is 11.5 Å². The van der Waals surface area contributed by atoms with Crippen molar-refractivity contribution in [2.24, 2.45) is 17.1 Å². The SMILES string of the molecule is CCNC1CC2(c3ccccc3)CC(CC)C(C(N)=S)(C1)C2. The summed E-state index contributed by atoms with van der Waals surface area (Å²) in [5.41, 5.74) is 8.08. The lowest BCUT2D eigenvalue weighted by molar-refractivity contribution is 0.189. The Kier molecular flexibility index (Phi) is 4.30. The number of benzene rings is 1. The van der Waals surface area contributed by atoms with Crippen molar-refractivity contribution >= 4 is 17.2 Å². The van der Waals surface area contributed by atoms with Gasteiger partial charge in [0.2, 0.25) is 0 Å². The minimum atomic E-state index is 0.0466. The van der Waals surface area contributed by atoms with E-state index in [0.717, 1.165) is 24.4 Å². The van der Waals surface area contributed by atoms with Crippen molar-refractivity contribution in [3.8, 4) is 0 Å². The molecule has 3 heteroatoms. The van der Waals surface area contributed by atoms with Crippen LogP contribution < -0.4 is 11.1 Å². The third kappa shape index (κ3) is 2.39. The number of nitrogens with two attached hydrogens (primary N) is 1. The number of thiocarbonyl (C=S) groups is 1. The van der Waals surface area contributed by atoms with Crippen LogP contribution in [0.4, 0.5) is 0 Å². The van der Waals surface area contributed by atoms with Crippen LogP contribution in [0.15, 0.2) is 30.3 Å². The lowest BCUT2D eigenvalue weighted by Gasteiger charge is -2.45. The van der Waals surface area contributed by atoms with Crippen molar-refractivity contribution in [1.29, 1.82) is 0 Å². The molecule has 0 radical (unpaired) electrons. The fourth-order valence-electron chi connectivity index (χ4n) is 5.35. The summed E-state index contributed by atoms with van der Waals surface area (Å²) in [6.45, 7) is 5.50. The molecule has 4 atom stereocenters. The van der Waals surface area contributed by atoms with E-state index < -0.39 is 0 Å². The molecule has 0 amide bonds. The molecule has 22 heavy (non-hydrogen) atoms. The molecule has 2 aliphatic rings. The molecule has 0 aromatic heterocycles. The van der Waals surface area contributed by atoms with E-state index in [1.807, 2.05) is 0 Å². The summed E-state index contributed by atoms with van der Waals surface area (Å²) in [4.78, 5) is 0.750. The molecule has 3 N–H and O–H groups in total. The maximum Gasteiger partial charge on any atom is 0.0793 e. The molecule has 1 aromatic rings. The van der Waals surface area contributed by atoms with Crippen LogP contribution in [0, 0.1) is 11.3 Å². The van der Waals surface area contributed by atoms with E-state index in [4.69, 9.17) is 18.0 Å². The number of hydrogen-bond donors (Lipinski definition) is 2. The first-order valence-electron chi connectivity index (χ1n) is 8.65. The van der Waals surface area contributed by atoms with Crippen LogP contribution >= 0.6 is 12.2 Å². The minimum Gasteiger partial charge on any atom is -0.393 e. The van der Waals surface area contributed by atoms with Gasteiger partial charge in [-0.1, -0.05) is 62.8 Å². The second-order valence-corrected chi connectivity index (χ2v) is 7.76. The molecule has 120 valence electrons. The zero-order chi connectivity index (χ0) is 15.8. The molecule has 2 bridgehead atoms. The topological polar surface area (TPSA) is 38.0 Å². The van der Waals surface area contributed by atoms with Crippen LogP contribution in [0.25, 0.3) is 0 Å². The van der Waals surface area contributed by atoms with Gasteiger partial charge in [-0.25, -0.2) is 0 Å². The van der Waals surface area contributed by atoms with Crippen molar-refractivity contribution in [3.63, 3.8) is 0 Å². The first kappa shape index (κ1) is 15.9. The van der Waals surface area contributed by atoms with Gasteiger partial charge in [-0.2, -0.15) is 0 Å². The van der Waals surface area contributed by atoms with Gasteiger partial charge in [-0.15, -0.1) is 0 Å². The van der Waals surface area contributed by atoms with Gasteiger partial charge in [0.05, 0.1) is 4.99 Å². The summed E-state index contributed by atoms with van der Waals surface area (Å²) in [6, 6.07) is 11.6. The molecule has 2 fully saturated rings. The molecule has 0 aliphatic heterocycles. The van der Waals surface area contributed by atoms with Gasteiger partial charge in [0.15, 0.2) is 0 Å². The Hall–Kier alpha value is -0.930. The summed E-state index contributed by atoms with van der Waals surface area (Å²) in [6.07, 6.45) is 5.87. The molecule has 2 nitrogen and oxygen atoms in total. The van der Waals surface area contributed by atoms with Crippen molar-refractivity contribution in [2.75, 3.05) is 6.54 Å². The number of nitrogens with one attached hydrogen (secondary N) is 1. The molecule has 4 unspecified atom stereocenters. The average molecular weight is 317 g/mol. The monoisotopic (exact) mass is 316 g/mol. The van der Waals surface area contributed by atoms with Crippen LogP contribution in [0.3, 0.4) is 0 Å². The molecule has 0 spiro atoms. The molecule has 1 aromatic carbocycles. The lowest BCUT2D eigenvalue weighted by atomic mass is 9.63. The first-order chi connectivity index (χ1) is 10.6. The molecular formula is C19H28N2S. The number of fused-ring (bicyclic) bond motifs is 2. The quantitative estimate of drug-likeness (QED) is 0.812. The maximum atomic E-state index is 6.30. The molecule has 2 saturated carbocycles. The Balaban J connectivity index is 2.05. The highest BCUT2D eigenvalue weighted by Gasteiger charge is 2.60. The molecular weight excluding hydrogens is 288 g/mol. The normalized spacial score (nSPS) is 37.2. The molecule has 0 heterocycles. The van der Waals surface area contributed by atoms with E-state index in [9.17, 15) is 0 Å². The van der Waals surface area contributed by atoms with Crippen molar-refractivity contribution in [2.45, 2.75) is 57.4 Å². The predicted molar refractivity (Wildman–Crippen MR) is 97.1 cm³/mol. The Morgan fingerprint density at radius 3 is 2.55 bits per heavy atom. The zero-order valence-electron chi connectivity index (χ0n) is 13.8. The van der Waals surface area contributed by atoms with Crippen LogP contribution in [0.1, 0.15) is 51.5 Å².